The Bertz CT molecular complexity index is 504. The molecular formula is C26H42O. The predicted octanol–water partition coefficient (Wildman–Crippen LogP) is 7.82. The Balaban J connectivity index is 1.32. The standard InChI is InChI=1S/C26H42O/c1-3-4-5-6-21-9-15-24(16-10-21)25-17-11-22(12-18-25)7-8-23-13-19-26(27-2)20-14-23/h13-14,19-22,24-25H,3-12,15-18H2,1-2H3. The fourth-order valence-electron chi connectivity index (χ4n) is 5.74. The lowest BCUT2D eigenvalue weighted by atomic mass is 9.68. The number of benzene rings is 1. The van der Waals surface area contributed by atoms with Gasteiger partial charge in [0.1, 0.15) is 5.75 Å². The molecule has 0 heterocycles. The first-order chi connectivity index (χ1) is 13.3. The molecule has 0 radical (unpaired) electrons. The van der Waals surface area contributed by atoms with Gasteiger partial charge in [-0.15, -0.1) is 0 Å². The number of methoxy groups -OCH3 is 1. The molecule has 2 aliphatic rings. The van der Waals surface area contributed by atoms with Gasteiger partial charge < -0.3 is 4.74 Å². The molecule has 1 aromatic rings. The van der Waals surface area contributed by atoms with Gasteiger partial charge in [-0.3, -0.25) is 0 Å². The van der Waals surface area contributed by atoms with Crippen LogP contribution in [-0.4, -0.2) is 7.11 Å². The van der Waals surface area contributed by atoms with Gasteiger partial charge in [0, 0.05) is 0 Å². The lowest BCUT2D eigenvalue weighted by molar-refractivity contribution is 0.140. The van der Waals surface area contributed by atoms with Crippen LogP contribution in [0.2, 0.25) is 0 Å². The van der Waals surface area contributed by atoms with Crippen LogP contribution in [0.15, 0.2) is 24.3 Å². The van der Waals surface area contributed by atoms with Gasteiger partial charge in [0.05, 0.1) is 7.11 Å². The molecule has 0 unspecified atom stereocenters. The summed E-state index contributed by atoms with van der Waals surface area (Å²) in [4.78, 5) is 0. The van der Waals surface area contributed by atoms with Crippen LogP contribution in [0.5, 0.6) is 5.75 Å². The fourth-order valence-corrected chi connectivity index (χ4v) is 5.74. The topological polar surface area (TPSA) is 9.23 Å². The first-order valence-corrected chi connectivity index (χ1v) is 11.9. The molecule has 0 spiro atoms. The average molecular weight is 371 g/mol. The van der Waals surface area contributed by atoms with Crippen LogP contribution in [0.4, 0.5) is 0 Å². The third-order valence-corrected chi connectivity index (χ3v) is 7.67. The average Bonchev–Trinajstić information content (AvgIpc) is 2.74. The Morgan fingerprint density at radius 1 is 0.741 bits per heavy atom. The van der Waals surface area contributed by atoms with Crippen molar-refractivity contribution in [3.05, 3.63) is 29.8 Å². The molecule has 2 saturated carbocycles. The maximum atomic E-state index is 5.26. The quantitative estimate of drug-likeness (QED) is 0.402. The number of aryl methyl sites for hydroxylation is 1. The van der Waals surface area contributed by atoms with E-state index in [1.54, 1.807) is 7.11 Å². The molecule has 2 aliphatic carbocycles. The highest BCUT2D eigenvalue weighted by Crippen LogP contribution is 2.43. The summed E-state index contributed by atoms with van der Waals surface area (Å²) in [6.45, 7) is 2.32. The van der Waals surface area contributed by atoms with Crippen LogP contribution in [-0.2, 0) is 6.42 Å². The van der Waals surface area contributed by atoms with Gasteiger partial charge in [0.2, 0.25) is 0 Å². The van der Waals surface area contributed by atoms with Gasteiger partial charge in [-0.25, -0.2) is 0 Å². The number of hydrogen-bond acceptors (Lipinski definition) is 1. The molecule has 3 rings (SSSR count). The van der Waals surface area contributed by atoms with Crippen molar-refractivity contribution in [1.29, 1.82) is 0 Å². The van der Waals surface area contributed by atoms with Crippen molar-refractivity contribution in [2.75, 3.05) is 7.11 Å². The number of ether oxygens (including phenoxy) is 1. The predicted molar refractivity (Wildman–Crippen MR) is 116 cm³/mol. The van der Waals surface area contributed by atoms with Crippen molar-refractivity contribution < 1.29 is 4.74 Å². The second-order valence-electron chi connectivity index (χ2n) is 9.44. The summed E-state index contributed by atoms with van der Waals surface area (Å²) < 4.78 is 5.26. The molecule has 2 fully saturated rings. The number of unbranched alkanes of at least 4 members (excludes halogenated alkanes) is 2. The summed E-state index contributed by atoms with van der Waals surface area (Å²) in [5.74, 6) is 5.12. The van der Waals surface area contributed by atoms with E-state index in [1.165, 1.54) is 95.5 Å². The molecule has 0 saturated heterocycles. The minimum atomic E-state index is 0.966. The first kappa shape index (κ1) is 20.7. The third kappa shape index (κ3) is 6.54. The molecule has 0 atom stereocenters. The molecule has 152 valence electrons. The van der Waals surface area contributed by atoms with Crippen molar-refractivity contribution in [3.8, 4) is 5.75 Å². The molecule has 0 aliphatic heterocycles. The highest BCUT2D eigenvalue weighted by molar-refractivity contribution is 5.27. The molecule has 0 bridgehead atoms. The van der Waals surface area contributed by atoms with E-state index in [9.17, 15) is 0 Å². The summed E-state index contributed by atoms with van der Waals surface area (Å²) in [7, 11) is 1.74. The number of hydrogen-bond donors (Lipinski definition) is 0. The van der Waals surface area contributed by atoms with E-state index in [-0.39, 0.29) is 0 Å². The van der Waals surface area contributed by atoms with Gasteiger partial charge in [-0.1, -0.05) is 70.4 Å². The van der Waals surface area contributed by atoms with Crippen LogP contribution in [0.3, 0.4) is 0 Å². The normalized spacial score (nSPS) is 28.8. The maximum Gasteiger partial charge on any atom is 0.118 e. The largest absolute Gasteiger partial charge is 0.497 e. The van der Waals surface area contributed by atoms with E-state index < -0.39 is 0 Å². The second kappa shape index (κ2) is 11.1. The summed E-state index contributed by atoms with van der Waals surface area (Å²) in [5, 5.41) is 0. The summed E-state index contributed by atoms with van der Waals surface area (Å²) in [6.07, 6.45) is 20.6. The van der Waals surface area contributed by atoms with Gasteiger partial charge in [-0.2, -0.15) is 0 Å². The molecule has 1 heteroatoms. The van der Waals surface area contributed by atoms with Gasteiger partial charge in [0.25, 0.3) is 0 Å². The smallest absolute Gasteiger partial charge is 0.118 e. The Kier molecular flexibility index (Phi) is 8.55. The zero-order valence-corrected chi connectivity index (χ0v) is 17.9. The van der Waals surface area contributed by atoms with Crippen LogP contribution < -0.4 is 4.74 Å². The zero-order valence-electron chi connectivity index (χ0n) is 17.9. The summed E-state index contributed by atoms with van der Waals surface area (Å²) in [6, 6.07) is 8.68. The van der Waals surface area contributed by atoms with Crippen LogP contribution in [0.1, 0.15) is 96.0 Å². The molecule has 27 heavy (non-hydrogen) atoms. The SMILES string of the molecule is CCCCCC1CCC(C2CCC(CCc3ccc(OC)cc3)CC2)CC1. The van der Waals surface area contributed by atoms with Crippen LogP contribution in [0.25, 0.3) is 0 Å². The molecule has 0 amide bonds. The van der Waals surface area contributed by atoms with Crippen molar-refractivity contribution >= 4 is 0 Å². The zero-order chi connectivity index (χ0) is 18.9. The van der Waals surface area contributed by atoms with E-state index in [1.807, 2.05) is 0 Å². The molecule has 0 N–H and O–H groups in total. The first-order valence-electron chi connectivity index (χ1n) is 11.9. The minimum absolute atomic E-state index is 0.966. The number of rotatable bonds is 9. The van der Waals surface area contributed by atoms with Gasteiger partial charge >= 0.3 is 0 Å². The van der Waals surface area contributed by atoms with Crippen molar-refractivity contribution in [1.82, 2.24) is 0 Å². The van der Waals surface area contributed by atoms with E-state index in [2.05, 4.69) is 31.2 Å². The van der Waals surface area contributed by atoms with Crippen molar-refractivity contribution in [3.63, 3.8) is 0 Å². The third-order valence-electron chi connectivity index (χ3n) is 7.67. The Labute approximate surface area is 168 Å². The Hall–Kier alpha value is -0.980. The van der Waals surface area contributed by atoms with Gasteiger partial charge in [0.15, 0.2) is 0 Å². The maximum absolute atomic E-state index is 5.26. The van der Waals surface area contributed by atoms with E-state index in [0.717, 1.165) is 29.4 Å². The Morgan fingerprint density at radius 2 is 1.30 bits per heavy atom. The summed E-state index contributed by atoms with van der Waals surface area (Å²) in [5.41, 5.74) is 1.47. The lowest BCUT2D eigenvalue weighted by Crippen LogP contribution is -2.26. The molecular weight excluding hydrogens is 328 g/mol. The molecule has 1 aromatic carbocycles. The molecule has 1 nitrogen and oxygen atoms in total. The Morgan fingerprint density at radius 3 is 1.81 bits per heavy atom. The van der Waals surface area contributed by atoms with Crippen molar-refractivity contribution in [2.24, 2.45) is 23.7 Å². The summed E-state index contributed by atoms with van der Waals surface area (Å²) >= 11 is 0. The van der Waals surface area contributed by atoms with Crippen LogP contribution in [0, 0.1) is 23.7 Å². The van der Waals surface area contributed by atoms with E-state index in [0.29, 0.717) is 0 Å². The minimum Gasteiger partial charge on any atom is -0.497 e. The van der Waals surface area contributed by atoms with Crippen molar-refractivity contribution in [2.45, 2.75) is 96.8 Å². The second-order valence-corrected chi connectivity index (χ2v) is 9.44. The lowest BCUT2D eigenvalue weighted by Gasteiger charge is -2.38. The monoisotopic (exact) mass is 370 g/mol. The molecule has 0 aromatic heterocycles. The fraction of sp³-hybridized carbons (Fsp3) is 0.769. The van der Waals surface area contributed by atoms with E-state index >= 15 is 0 Å². The highest BCUT2D eigenvalue weighted by atomic mass is 16.5. The van der Waals surface area contributed by atoms with Crippen LogP contribution >= 0.6 is 0 Å². The highest BCUT2D eigenvalue weighted by Gasteiger charge is 2.30. The van der Waals surface area contributed by atoms with Gasteiger partial charge in [-0.05, 0) is 79.9 Å². The van der Waals surface area contributed by atoms with E-state index in [4.69, 9.17) is 4.74 Å².